The maximum Gasteiger partial charge on any atom is 0.344 e. The first-order valence-electron chi connectivity index (χ1n) is 8.53. The molecule has 6 heteroatoms. The summed E-state index contributed by atoms with van der Waals surface area (Å²) in [5.74, 6) is -1.10. The summed E-state index contributed by atoms with van der Waals surface area (Å²) in [4.78, 5) is 11.1. The summed E-state index contributed by atoms with van der Waals surface area (Å²) in [6.07, 6.45) is -0.620. The second kappa shape index (κ2) is 8.93. The molecule has 0 fully saturated rings. The van der Waals surface area contributed by atoms with Gasteiger partial charge in [-0.1, -0.05) is 54.6 Å². The fourth-order valence-corrected chi connectivity index (χ4v) is 2.69. The molecule has 1 N–H and O–H groups in total. The van der Waals surface area contributed by atoms with Crippen LogP contribution >= 0.6 is 0 Å². The normalized spacial score (nSPS) is 11.1. The standard InChI is InChI=1S/C23H15F3O3/c24-21(25)22(26)29-19-12-10-17(11-13-19)20(14-15-4-2-1-3-5-15)16-6-8-18(9-7-16)23(27)28/h1-14H,(H,27,28). The highest BCUT2D eigenvalue weighted by molar-refractivity contribution is 5.93. The smallest absolute Gasteiger partial charge is 0.344 e. The monoisotopic (exact) mass is 396 g/mol. The maximum absolute atomic E-state index is 13.0. The Labute approximate surface area is 165 Å². The largest absolute Gasteiger partial charge is 0.478 e. The molecule has 0 aliphatic rings. The number of benzene rings is 3. The lowest BCUT2D eigenvalue weighted by Gasteiger charge is -2.11. The first-order chi connectivity index (χ1) is 13.9. The summed E-state index contributed by atoms with van der Waals surface area (Å²) in [5.41, 5.74) is 3.32. The zero-order chi connectivity index (χ0) is 20.8. The third-order valence-corrected chi connectivity index (χ3v) is 4.07. The van der Waals surface area contributed by atoms with Gasteiger partial charge in [0.1, 0.15) is 5.75 Å². The number of hydrogen-bond donors (Lipinski definition) is 1. The van der Waals surface area contributed by atoms with E-state index in [1.165, 1.54) is 24.3 Å². The van der Waals surface area contributed by atoms with Crippen LogP contribution in [0.3, 0.4) is 0 Å². The zero-order valence-corrected chi connectivity index (χ0v) is 15.0. The molecule has 0 spiro atoms. The van der Waals surface area contributed by atoms with Gasteiger partial charge in [-0.05, 0) is 52.6 Å². The van der Waals surface area contributed by atoms with Crippen LogP contribution < -0.4 is 4.74 Å². The fraction of sp³-hybridized carbons (Fsp3) is 0. The van der Waals surface area contributed by atoms with Crippen molar-refractivity contribution in [2.24, 2.45) is 0 Å². The molecule has 29 heavy (non-hydrogen) atoms. The van der Waals surface area contributed by atoms with E-state index in [1.54, 1.807) is 24.3 Å². The van der Waals surface area contributed by atoms with E-state index in [4.69, 9.17) is 5.11 Å². The average molecular weight is 396 g/mol. The Morgan fingerprint density at radius 2 is 1.28 bits per heavy atom. The second-order valence-electron chi connectivity index (χ2n) is 6.01. The Kier molecular flexibility index (Phi) is 6.14. The van der Waals surface area contributed by atoms with Crippen molar-refractivity contribution in [3.05, 3.63) is 113 Å². The molecule has 0 heterocycles. The molecule has 3 rings (SSSR count). The van der Waals surface area contributed by atoms with Crippen molar-refractivity contribution in [3.8, 4) is 5.75 Å². The van der Waals surface area contributed by atoms with E-state index in [1.807, 2.05) is 36.4 Å². The molecule has 0 atom stereocenters. The number of ether oxygens (including phenoxy) is 1. The van der Waals surface area contributed by atoms with Crippen LogP contribution in [-0.4, -0.2) is 11.1 Å². The molecule has 0 saturated heterocycles. The predicted octanol–water partition coefficient (Wildman–Crippen LogP) is 6.39. The van der Waals surface area contributed by atoms with E-state index in [2.05, 4.69) is 4.74 Å². The highest BCUT2D eigenvalue weighted by Gasteiger charge is 2.11. The van der Waals surface area contributed by atoms with Crippen LogP contribution in [0, 0.1) is 0 Å². The Morgan fingerprint density at radius 3 is 1.79 bits per heavy atom. The number of halogens is 3. The van der Waals surface area contributed by atoms with Gasteiger partial charge in [0.25, 0.3) is 0 Å². The third kappa shape index (κ3) is 5.13. The second-order valence-corrected chi connectivity index (χ2v) is 6.01. The van der Waals surface area contributed by atoms with E-state index >= 15 is 0 Å². The number of hydrogen-bond acceptors (Lipinski definition) is 2. The molecule has 3 nitrogen and oxygen atoms in total. The Morgan fingerprint density at radius 1 is 0.759 bits per heavy atom. The average Bonchev–Trinajstić information content (AvgIpc) is 2.73. The summed E-state index contributed by atoms with van der Waals surface area (Å²) in [5, 5.41) is 9.09. The molecule has 0 unspecified atom stereocenters. The first-order valence-corrected chi connectivity index (χ1v) is 8.53. The SMILES string of the molecule is O=C(O)c1ccc(C(=Cc2ccccc2)c2ccc(OC(F)=C(F)F)cc2)cc1. The van der Waals surface area contributed by atoms with Gasteiger partial charge in [-0.15, -0.1) is 0 Å². The number of aromatic carboxylic acids is 1. The van der Waals surface area contributed by atoms with E-state index in [-0.39, 0.29) is 11.3 Å². The van der Waals surface area contributed by atoms with Crippen LogP contribution in [0.2, 0.25) is 0 Å². The van der Waals surface area contributed by atoms with Gasteiger partial charge in [0.2, 0.25) is 0 Å². The van der Waals surface area contributed by atoms with Gasteiger partial charge in [-0.2, -0.15) is 13.2 Å². The van der Waals surface area contributed by atoms with Crippen LogP contribution in [-0.2, 0) is 0 Å². The number of carboxylic acids is 1. The van der Waals surface area contributed by atoms with E-state index in [9.17, 15) is 18.0 Å². The van der Waals surface area contributed by atoms with Crippen LogP contribution in [0.15, 0.2) is 91.0 Å². The van der Waals surface area contributed by atoms with Gasteiger partial charge in [0.15, 0.2) is 0 Å². The lowest BCUT2D eigenvalue weighted by molar-refractivity contribution is 0.0697. The van der Waals surface area contributed by atoms with Crippen molar-refractivity contribution in [2.45, 2.75) is 0 Å². The molecule has 0 aliphatic heterocycles. The van der Waals surface area contributed by atoms with Crippen molar-refractivity contribution in [3.63, 3.8) is 0 Å². The number of rotatable bonds is 6. The molecule has 3 aromatic rings. The first kappa shape index (κ1) is 19.9. The molecular weight excluding hydrogens is 381 g/mol. The number of carbonyl (C=O) groups is 1. The molecule has 0 aliphatic carbocycles. The summed E-state index contributed by atoms with van der Waals surface area (Å²) in [6.45, 7) is 0. The predicted molar refractivity (Wildman–Crippen MR) is 104 cm³/mol. The minimum Gasteiger partial charge on any atom is -0.478 e. The van der Waals surface area contributed by atoms with Gasteiger partial charge in [0.05, 0.1) is 5.56 Å². The minimum absolute atomic E-state index is 0.0701. The molecule has 0 radical (unpaired) electrons. The van der Waals surface area contributed by atoms with Crippen molar-refractivity contribution in [1.82, 2.24) is 0 Å². The summed E-state index contributed by atoms with van der Waals surface area (Å²) in [6, 6.07) is 19.9. The molecule has 0 saturated carbocycles. The van der Waals surface area contributed by atoms with E-state index < -0.39 is 18.1 Å². The Hall–Kier alpha value is -3.80. The maximum atomic E-state index is 13.0. The van der Waals surface area contributed by atoms with Gasteiger partial charge in [-0.3, -0.25) is 0 Å². The van der Waals surface area contributed by atoms with Crippen LogP contribution in [0.1, 0.15) is 27.0 Å². The lowest BCUT2D eigenvalue weighted by Crippen LogP contribution is -1.96. The van der Waals surface area contributed by atoms with Crippen molar-refractivity contribution in [2.75, 3.05) is 0 Å². The fourth-order valence-electron chi connectivity index (χ4n) is 2.69. The van der Waals surface area contributed by atoms with Crippen molar-refractivity contribution in [1.29, 1.82) is 0 Å². The molecular formula is C23H15F3O3. The van der Waals surface area contributed by atoms with Gasteiger partial charge in [0, 0.05) is 0 Å². The van der Waals surface area contributed by atoms with Crippen LogP contribution in [0.4, 0.5) is 13.2 Å². The molecule has 146 valence electrons. The Balaban J connectivity index is 2.00. The molecule has 3 aromatic carbocycles. The van der Waals surface area contributed by atoms with Gasteiger partial charge < -0.3 is 9.84 Å². The van der Waals surface area contributed by atoms with E-state index in [0.717, 1.165) is 22.3 Å². The molecule has 0 aromatic heterocycles. The summed E-state index contributed by atoms with van der Waals surface area (Å²) in [7, 11) is 0. The van der Waals surface area contributed by atoms with Crippen molar-refractivity contribution >= 4 is 17.6 Å². The highest BCUT2D eigenvalue weighted by Crippen LogP contribution is 2.29. The summed E-state index contributed by atoms with van der Waals surface area (Å²) < 4.78 is 41.8. The summed E-state index contributed by atoms with van der Waals surface area (Å²) >= 11 is 0. The Bertz CT molecular complexity index is 1050. The zero-order valence-electron chi connectivity index (χ0n) is 15.0. The number of carboxylic acid groups (broad SMARTS) is 1. The topological polar surface area (TPSA) is 46.5 Å². The van der Waals surface area contributed by atoms with E-state index in [0.29, 0.717) is 0 Å². The lowest BCUT2D eigenvalue weighted by atomic mass is 9.95. The highest BCUT2D eigenvalue weighted by atomic mass is 19.3. The molecule has 0 amide bonds. The minimum atomic E-state index is -2.53. The van der Waals surface area contributed by atoms with Gasteiger partial charge in [-0.25, -0.2) is 4.79 Å². The van der Waals surface area contributed by atoms with Gasteiger partial charge >= 0.3 is 18.1 Å². The molecule has 0 bridgehead atoms. The van der Waals surface area contributed by atoms with Crippen molar-refractivity contribution < 1.29 is 27.8 Å². The van der Waals surface area contributed by atoms with Crippen LogP contribution in [0.5, 0.6) is 5.75 Å². The third-order valence-electron chi connectivity index (χ3n) is 4.07. The van der Waals surface area contributed by atoms with Crippen LogP contribution in [0.25, 0.3) is 11.6 Å². The quantitative estimate of drug-likeness (QED) is 0.388.